The van der Waals surface area contributed by atoms with Gasteiger partial charge >= 0.3 is 6.03 Å². The van der Waals surface area contributed by atoms with Crippen molar-refractivity contribution < 1.29 is 14.3 Å². The van der Waals surface area contributed by atoms with Crippen molar-refractivity contribution in [2.75, 3.05) is 30.4 Å². The maximum absolute atomic E-state index is 14.0. The Morgan fingerprint density at radius 3 is 2.85 bits per heavy atom. The molecule has 0 radical (unpaired) electrons. The molecule has 1 saturated heterocycles. The van der Waals surface area contributed by atoms with Gasteiger partial charge in [-0.05, 0) is 42.3 Å². The van der Waals surface area contributed by atoms with Crippen LogP contribution in [0.25, 0.3) is 0 Å². The number of halogens is 2. The molecule has 0 aliphatic carbocycles. The number of carbonyl (C=O) groups excluding carboxylic acids is 1. The van der Waals surface area contributed by atoms with Crippen LogP contribution < -0.4 is 10.2 Å². The maximum atomic E-state index is 14.0. The molecule has 5 nitrogen and oxygen atoms in total. The second-order valence-corrected chi connectivity index (χ2v) is 7.98. The fourth-order valence-electron chi connectivity index (χ4n) is 4.40. The summed E-state index contributed by atoms with van der Waals surface area (Å²) in [4.78, 5) is 16.8. The number of amides is 2. The first kappa shape index (κ1) is 18.3. The summed E-state index contributed by atoms with van der Waals surface area (Å²) in [5.41, 5.74) is 2.22. The highest BCUT2D eigenvalue weighted by atomic mass is 79.9. The highest BCUT2D eigenvalue weighted by molar-refractivity contribution is 9.10. The standard InChI is InChI=1S/C20H21BrFN3O2/c1-24-17-7-6-12(21)10-14(17)19-13(18(24)11-26)8-9-25(19)20(27)23-16-5-3-2-4-15(16)22/h2-7,10,13,18-19,26H,8-9,11H2,1H3,(H,23,27)/t13-,18-,19-/m0/s1. The summed E-state index contributed by atoms with van der Waals surface area (Å²) in [6.07, 6.45) is 0.789. The molecule has 2 N–H and O–H groups in total. The summed E-state index contributed by atoms with van der Waals surface area (Å²) >= 11 is 3.52. The van der Waals surface area contributed by atoms with Gasteiger partial charge in [0, 0.05) is 29.7 Å². The maximum Gasteiger partial charge on any atom is 0.322 e. The summed E-state index contributed by atoms with van der Waals surface area (Å²) in [5, 5.41) is 12.7. The minimum atomic E-state index is -0.457. The van der Waals surface area contributed by atoms with Gasteiger partial charge in [-0.15, -0.1) is 0 Å². The van der Waals surface area contributed by atoms with Gasteiger partial charge in [0.15, 0.2) is 0 Å². The van der Waals surface area contributed by atoms with E-state index >= 15 is 0 Å². The Morgan fingerprint density at radius 2 is 2.11 bits per heavy atom. The van der Waals surface area contributed by atoms with Crippen molar-refractivity contribution in [2.45, 2.75) is 18.5 Å². The first-order valence-corrected chi connectivity index (χ1v) is 9.76. The number of hydrogen-bond donors (Lipinski definition) is 2. The molecular weight excluding hydrogens is 413 g/mol. The third-order valence-corrected chi connectivity index (χ3v) is 6.18. The quantitative estimate of drug-likeness (QED) is 0.752. The number of aliphatic hydroxyl groups is 1. The van der Waals surface area contributed by atoms with Crippen LogP contribution in [0.5, 0.6) is 0 Å². The second kappa shape index (κ2) is 7.13. The number of aliphatic hydroxyl groups excluding tert-OH is 1. The van der Waals surface area contributed by atoms with Crippen LogP contribution in [0.15, 0.2) is 46.9 Å². The molecule has 3 atom stereocenters. The summed E-state index contributed by atoms with van der Waals surface area (Å²) in [5.74, 6) is -0.338. The van der Waals surface area contributed by atoms with Gasteiger partial charge in [0.05, 0.1) is 24.4 Å². The van der Waals surface area contributed by atoms with Gasteiger partial charge in [-0.25, -0.2) is 9.18 Å². The molecule has 2 aromatic carbocycles. The second-order valence-electron chi connectivity index (χ2n) is 7.06. The first-order valence-electron chi connectivity index (χ1n) is 8.96. The van der Waals surface area contributed by atoms with E-state index in [-0.39, 0.29) is 36.3 Å². The van der Waals surface area contributed by atoms with E-state index in [2.05, 4.69) is 26.1 Å². The van der Waals surface area contributed by atoms with Crippen LogP contribution in [0, 0.1) is 11.7 Å². The Labute approximate surface area is 165 Å². The number of benzene rings is 2. The first-order chi connectivity index (χ1) is 13.0. The zero-order valence-electron chi connectivity index (χ0n) is 14.9. The van der Waals surface area contributed by atoms with Gasteiger partial charge in [0.25, 0.3) is 0 Å². The van der Waals surface area contributed by atoms with Gasteiger partial charge in [-0.3, -0.25) is 0 Å². The van der Waals surface area contributed by atoms with E-state index in [0.29, 0.717) is 6.54 Å². The molecule has 4 rings (SSSR count). The molecule has 27 heavy (non-hydrogen) atoms. The number of nitrogens with one attached hydrogen (secondary N) is 1. The van der Waals surface area contributed by atoms with E-state index in [1.54, 1.807) is 23.1 Å². The predicted octanol–water partition coefficient (Wildman–Crippen LogP) is 3.99. The average molecular weight is 434 g/mol. The van der Waals surface area contributed by atoms with Gasteiger partial charge in [0.1, 0.15) is 5.82 Å². The van der Waals surface area contributed by atoms with Crippen molar-refractivity contribution in [3.63, 3.8) is 0 Å². The number of anilines is 2. The van der Waals surface area contributed by atoms with Crippen molar-refractivity contribution in [1.82, 2.24) is 4.90 Å². The van der Waals surface area contributed by atoms with Crippen LogP contribution in [0.3, 0.4) is 0 Å². The molecule has 0 aromatic heterocycles. The van der Waals surface area contributed by atoms with Crippen LogP contribution in [0.2, 0.25) is 0 Å². The normalized spacial score (nSPS) is 23.8. The molecular formula is C20H21BrFN3O2. The van der Waals surface area contributed by atoms with Gasteiger partial charge in [-0.2, -0.15) is 0 Å². The molecule has 142 valence electrons. The summed E-state index contributed by atoms with van der Waals surface area (Å²) in [6, 6.07) is 11.6. The number of likely N-dealkylation sites (tertiary alicyclic amines) is 1. The summed E-state index contributed by atoms with van der Waals surface area (Å²) in [7, 11) is 1.98. The van der Waals surface area contributed by atoms with E-state index in [4.69, 9.17) is 0 Å². The fraction of sp³-hybridized carbons (Fsp3) is 0.350. The zero-order valence-corrected chi connectivity index (χ0v) is 16.5. The Balaban J connectivity index is 1.69. The summed E-state index contributed by atoms with van der Waals surface area (Å²) < 4.78 is 14.9. The van der Waals surface area contributed by atoms with Crippen molar-refractivity contribution >= 4 is 33.3 Å². The van der Waals surface area contributed by atoms with E-state index in [1.165, 1.54) is 6.07 Å². The number of fused-ring (bicyclic) bond motifs is 3. The average Bonchev–Trinajstić information content (AvgIpc) is 3.09. The fourth-order valence-corrected chi connectivity index (χ4v) is 4.78. The molecule has 2 heterocycles. The predicted molar refractivity (Wildman–Crippen MR) is 106 cm³/mol. The monoisotopic (exact) mass is 433 g/mol. The lowest BCUT2D eigenvalue weighted by molar-refractivity contribution is 0.168. The van der Waals surface area contributed by atoms with E-state index < -0.39 is 5.82 Å². The molecule has 2 aliphatic heterocycles. The Kier molecular flexibility index (Phi) is 4.82. The van der Waals surface area contributed by atoms with Crippen molar-refractivity contribution in [2.24, 2.45) is 5.92 Å². The lowest BCUT2D eigenvalue weighted by Gasteiger charge is -2.44. The number of para-hydroxylation sites is 1. The van der Waals surface area contributed by atoms with Crippen LogP contribution in [-0.4, -0.2) is 42.3 Å². The van der Waals surface area contributed by atoms with E-state index in [9.17, 15) is 14.3 Å². The molecule has 2 aromatic rings. The van der Waals surface area contributed by atoms with Gasteiger partial charge in [0.2, 0.25) is 0 Å². The van der Waals surface area contributed by atoms with E-state index in [0.717, 1.165) is 22.1 Å². The molecule has 1 fully saturated rings. The number of nitrogens with zero attached hydrogens (tertiary/aromatic N) is 2. The number of likely N-dealkylation sites (N-methyl/N-ethyl adjacent to an activating group) is 1. The largest absolute Gasteiger partial charge is 0.394 e. The summed E-state index contributed by atoms with van der Waals surface area (Å²) in [6.45, 7) is 0.585. The van der Waals surface area contributed by atoms with Gasteiger partial charge < -0.3 is 20.2 Å². The topological polar surface area (TPSA) is 55.8 Å². The molecule has 0 unspecified atom stereocenters. The number of carbonyl (C=O) groups is 1. The molecule has 7 heteroatoms. The Hall–Kier alpha value is -2.12. The Morgan fingerprint density at radius 1 is 1.33 bits per heavy atom. The van der Waals surface area contributed by atoms with Gasteiger partial charge in [-0.1, -0.05) is 28.1 Å². The lowest BCUT2D eigenvalue weighted by Crippen LogP contribution is -2.48. The lowest BCUT2D eigenvalue weighted by atomic mass is 9.82. The third kappa shape index (κ3) is 3.08. The smallest absolute Gasteiger partial charge is 0.322 e. The van der Waals surface area contributed by atoms with E-state index in [1.807, 2.05) is 25.2 Å². The minimum absolute atomic E-state index is 0.0238. The van der Waals surface area contributed by atoms with Crippen LogP contribution in [-0.2, 0) is 0 Å². The van der Waals surface area contributed by atoms with Crippen molar-refractivity contribution in [3.8, 4) is 0 Å². The zero-order chi connectivity index (χ0) is 19.1. The highest BCUT2D eigenvalue weighted by Crippen LogP contribution is 2.49. The van der Waals surface area contributed by atoms with Crippen molar-refractivity contribution in [3.05, 3.63) is 58.3 Å². The molecule has 2 aliphatic rings. The molecule has 2 amide bonds. The minimum Gasteiger partial charge on any atom is -0.394 e. The molecule has 0 bridgehead atoms. The third-order valence-electron chi connectivity index (χ3n) is 5.69. The highest BCUT2D eigenvalue weighted by Gasteiger charge is 2.47. The van der Waals surface area contributed by atoms with Crippen LogP contribution in [0.1, 0.15) is 18.0 Å². The number of urea groups is 1. The van der Waals surface area contributed by atoms with Crippen LogP contribution >= 0.6 is 15.9 Å². The Bertz CT molecular complexity index is 878. The SMILES string of the molecule is CN1c2ccc(Br)cc2[C@@H]2[C@@H](CCN2C(=O)Nc2ccccc2F)[C@@H]1CO. The van der Waals surface area contributed by atoms with Crippen molar-refractivity contribution in [1.29, 1.82) is 0 Å². The number of rotatable bonds is 2. The molecule has 0 saturated carbocycles. The number of hydrogen-bond acceptors (Lipinski definition) is 3. The molecule has 0 spiro atoms. The van der Waals surface area contributed by atoms with Crippen LogP contribution in [0.4, 0.5) is 20.6 Å².